The van der Waals surface area contributed by atoms with Gasteiger partial charge in [0, 0.05) is 7.05 Å². The first-order valence-corrected chi connectivity index (χ1v) is 9.40. The fourth-order valence-corrected chi connectivity index (χ4v) is 2.58. The Morgan fingerprint density at radius 3 is 2.72 bits per heavy atom. The SMILES string of the molecule is C=C/C=C(\CN(C)OC(=N)c1nc(C)n(Cc2cccc(OCC=C)c2)n1)OC(F)(F)F. The Balaban J connectivity index is 2.03. The van der Waals surface area contributed by atoms with Gasteiger partial charge in [-0.25, -0.2) is 9.67 Å². The topological polar surface area (TPSA) is 85.5 Å². The maximum Gasteiger partial charge on any atom is 0.572 e. The predicted molar refractivity (Wildman–Crippen MR) is 112 cm³/mol. The van der Waals surface area contributed by atoms with Gasteiger partial charge in [-0.1, -0.05) is 37.4 Å². The van der Waals surface area contributed by atoms with Crippen molar-refractivity contribution in [2.75, 3.05) is 20.2 Å². The van der Waals surface area contributed by atoms with Crippen LogP contribution in [0.4, 0.5) is 13.2 Å². The standard InChI is InChI=1S/C21H24F3N5O3/c1-5-8-18(31-21(22,23)24)14-28(4)32-19(25)20-26-15(3)29(27-20)13-16-9-7-10-17(12-16)30-11-6-2/h5-10,12,25H,1-2,11,13-14H2,3-4H3/b18-8+,25-19?. The molecule has 0 fully saturated rings. The molecule has 0 saturated carbocycles. The molecule has 0 bridgehead atoms. The van der Waals surface area contributed by atoms with Crippen LogP contribution in [0, 0.1) is 12.3 Å². The van der Waals surface area contributed by atoms with Crippen LogP contribution in [0.25, 0.3) is 0 Å². The molecule has 0 radical (unpaired) electrons. The zero-order chi connectivity index (χ0) is 23.7. The monoisotopic (exact) mass is 451 g/mol. The van der Waals surface area contributed by atoms with Gasteiger partial charge < -0.3 is 14.3 Å². The number of alkyl halides is 3. The van der Waals surface area contributed by atoms with Crippen LogP contribution in [-0.4, -0.2) is 52.3 Å². The van der Waals surface area contributed by atoms with E-state index in [1.165, 1.54) is 7.05 Å². The van der Waals surface area contributed by atoms with Crippen molar-refractivity contribution < 1.29 is 27.5 Å². The summed E-state index contributed by atoms with van der Waals surface area (Å²) >= 11 is 0. The Morgan fingerprint density at radius 2 is 2.06 bits per heavy atom. The number of benzene rings is 1. The molecule has 0 spiro atoms. The van der Waals surface area contributed by atoms with E-state index in [9.17, 15) is 13.2 Å². The molecule has 0 unspecified atom stereocenters. The Kier molecular flexibility index (Phi) is 8.59. The number of aromatic nitrogens is 3. The van der Waals surface area contributed by atoms with Crippen LogP contribution in [0.2, 0.25) is 0 Å². The Morgan fingerprint density at radius 1 is 1.31 bits per heavy atom. The molecular formula is C21H24F3N5O3. The Labute approximate surface area is 183 Å². The van der Waals surface area contributed by atoms with Gasteiger partial charge in [0.1, 0.15) is 23.9 Å². The highest BCUT2D eigenvalue weighted by Gasteiger charge is 2.32. The second kappa shape index (κ2) is 11.1. The number of likely N-dealkylation sites (N-methyl/N-ethyl adjacent to an activating group) is 1. The van der Waals surface area contributed by atoms with Crippen molar-refractivity contribution in [3.63, 3.8) is 0 Å². The van der Waals surface area contributed by atoms with Crippen molar-refractivity contribution in [2.45, 2.75) is 19.8 Å². The van der Waals surface area contributed by atoms with Crippen LogP contribution < -0.4 is 4.74 Å². The minimum Gasteiger partial charge on any atom is -0.490 e. The van der Waals surface area contributed by atoms with E-state index < -0.39 is 18.0 Å². The lowest BCUT2D eigenvalue weighted by atomic mass is 10.2. The number of allylic oxidation sites excluding steroid dienone is 2. The first-order valence-electron chi connectivity index (χ1n) is 9.40. The van der Waals surface area contributed by atoms with Crippen molar-refractivity contribution in [2.24, 2.45) is 0 Å². The predicted octanol–water partition coefficient (Wildman–Crippen LogP) is 3.99. The average Bonchev–Trinajstić information content (AvgIpc) is 3.06. The number of hydroxylamine groups is 2. The van der Waals surface area contributed by atoms with E-state index in [1.807, 2.05) is 24.3 Å². The molecule has 1 aromatic carbocycles. The highest BCUT2D eigenvalue weighted by atomic mass is 19.4. The van der Waals surface area contributed by atoms with E-state index in [-0.39, 0.29) is 12.4 Å². The summed E-state index contributed by atoms with van der Waals surface area (Å²) in [5, 5.41) is 13.3. The van der Waals surface area contributed by atoms with Crippen molar-refractivity contribution in [3.8, 4) is 5.75 Å². The summed E-state index contributed by atoms with van der Waals surface area (Å²) in [7, 11) is 1.35. The summed E-state index contributed by atoms with van der Waals surface area (Å²) in [6.07, 6.45) is -0.992. The number of aryl methyl sites for hydroxylation is 1. The van der Waals surface area contributed by atoms with Crippen LogP contribution >= 0.6 is 0 Å². The fourth-order valence-electron chi connectivity index (χ4n) is 2.58. The van der Waals surface area contributed by atoms with Crippen molar-refractivity contribution in [1.29, 1.82) is 5.41 Å². The maximum atomic E-state index is 12.5. The first kappa shape index (κ1) is 24.7. The zero-order valence-electron chi connectivity index (χ0n) is 17.7. The maximum absolute atomic E-state index is 12.5. The highest BCUT2D eigenvalue weighted by Crippen LogP contribution is 2.21. The number of halogens is 3. The van der Waals surface area contributed by atoms with Gasteiger partial charge in [-0.3, -0.25) is 5.41 Å². The number of hydrogen-bond donors (Lipinski definition) is 1. The van der Waals surface area contributed by atoms with E-state index in [0.29, 0.717) is 24.7 Å². The summed E-state index contributed by atoms with van der Waals surface area (Å²) in [5.41, 5.74) is 0.902. The van der Waals surface area contributed by atoms with Crippen LogP contribution in [0.5, 0.6) is 5.75 Å². The normalized spacial score (nSPS) is 11.9. The summed E-state index contributed by atoms with van der Waals surface area (Å²) in [6.45, 7) is 9.05. The van der Waals surface area contributed by atoms with Gasteiger partial charge >= 0.3 is 6.36 Å². The molecule has 2 aromatic rings. The lowest BCUT2D eigenvalue weighted by Gasteiger charge is -2.19. The number of hydrogen-bond acceptors (Lipinski definition) is 7. The van der Waals surface area contributed by atoms with Gasteiger partial charge in [0.05, 0.1) is 13.1 Å². The molecule has 0 atom stereocenters. The Hall–Kier alpha value is -3.60. The van der Waals surface area contributed by atoms with Crippen molar-refractivity contribution in [3.05, 3.63) is 78.6 Å². The third-order valence-corrected chi connectivity index (χ3v) is 3.83. The molecule has 0 aliphatic rings. The van der Waals surface area contributed by atoms with Crippen molar-refractivity contribution >= 4 is 5.90 Å². The summed E-state index contributed by atoms with van der Waals surface area (Å²) in [4.78, 5) is 9.43. The molecule has 172 valence electrons. The summed E-state index contributed by atoms with van der Waals surface area (Å²) in [6, 6.07) is 7.42. The van der Waals surface area contributed by atoms with Gasteiger partial charge in [0.2, 0.25) is 5.82 Å². The van der Waals surface area contributed by atoms with E-state index in [4.69, 9.17) is 15.0 Å². The van der Waals surface area contributed by atoms with E-state index in [2.05, 4.69) is 28.0 Å². The first-order chi connectivity index (χ1) is 15.1. The number of nitrogens with one attached hydrogen (secondary N) is 1. The van der Waals surface area contributed by atoms with Crippen LogP contribution in [0.3, 0.4) is 0 Å². The zero-order valence-corrected chi connectivity index (χ0v) is 17.7. The minimum atomic E-state index is -4.85. The number of rotatable bonds is 11. The average molecular weight is 451 g/mol. The molecule has 0 aliphatic heterocycles. The Bertz CT molecular complexity index is 985. The third-order valence-electron chi connectivity index (χ3n) is 3.83. The second-order valence-corrected chi connectivity index (χ2v) is 6.51. The highest BCUT2D eigenvalue weighted by molar-refractivity contribution is 5.87. The molecule has 1 heterocycles. The van der Waals surface area contributed by atoms with E-state index in [1.54, 1.807) is 17.7 Å². The smallest absolute Gasteiger partial charge is 0.490 e. The number of nitrogens with zero attached hydrogens (tertiary/aromatic N) is 4. The van der Waals surface area contributed by atoms with E-state index in [0.717, 1.165) is 22.8 Å². The van der Waals surface area contributed by atoms with Gasteiger partial charge in [0.25, 0.3) is 5.90 Å². The van der Waals surface area contributed by atoms with Gasteiger partial charge in [-0.2, -0.15) is 0 Å². The lowest BCUT2D eigenvalue weighted by molar-refractivity contribution is -0.308. The van der Waals surface area contributed by atoms with Gasteiger partial charge in [-0.15, -0.1) is 23.3 Å². The summed E-state index contributed by atoms with van der Waals surface area (Å²) in [5.74, 6) is 0.321. The molecule has 1 N–H and O–H groups in total. The van der Waals surface area contributed by atoms with E-state index >= 15 is 0 Å². The van der Waals surface area contributed by atoms with Gasteiger partial charge in [-0.05, 0) is 30.7 Å². The molecule has 1 aromatic heterocycles. The molecule has 11 heteroatoms. The van der Waals surface area contributed by atoms with Crippen LogP contribution in [0.15, 0.2) is 61.4 Å². The molecule has 0 aliphatic carbocycles. The largest absolute Gasteiger partial charge is 0.572 e. The molecule has 0 amide bonds. The fraction of sp³-hybridized carbons (Fsp3) is 0.286. The van der Waals surface area contributed by atoms with Crippen molar-refractivity contribution in [1.82, 2.24) is 19.8 Å². The second-order valence-electron chi connectivity index (χ2n) is 6.51. The molecule has 0 saturated heterocycles. The molecule has 8 nitrogen and oxygen atoms in total. The van der Waals surface area contributed by atoms with Gasteiger partial charge in [0.15, 0.2) is 0 Å². The summed E-state index contributed by atoms with van der Waals surface area (Å²) < 4.78 is 48.5. The molecule has 32 heavy (non-hydrogen) atoms. The molecule has 2 rings (SSSR count). The lowest BCUT2D eigenvalue weighted by Crippen LogP contribution is -2.28. The van der Waals surface area contributed by atoms with Crippen LogP contribution in [0.1, 0.15) is 17.2 Å². The quantitative estimate of drug-likeness (QED) is 0.139. The molecular weight excluding hydrogens is 427 g/mol. The number of ether oxygens (including phenoxy) is 2. The third kappa shape index (κ3) is 7.91. The minimum absolute atomic E-state index is 0.0144. The van der Waals surface area contributed by atoms with Crippen LogP contribution in [-0.2, 0) is 16.1 Å².